The lowest BCUT2D eigenvalue weighted by Gasteiger charge is -2.12. The normalized spacial score (nSPS) is 9.58. The molecule has 0 fully saturated rings. The summed E-state index contributed by atoms with van der Waals surface area (Å²) in [5.74, 6) is 0. The summed E-state index contributed by atoms with van der Waals surface area (Å²) in [5.41, 5.74) is 4.89. The SMILES string of the molecule is CONc1ccc(N(C)C)cc1. The van der Waals surface area contributed by atoms with Gasteiger partial charge in [-0.3, -0.25) is 10.3 Å². The van der Waals surface area contributed by atoms with E-state index >= 15 is 0 Å². The lowest BCUT2D eigenvalue weighted by Crippen LogP contribution is -2.08. The maximum absolute atomic E-state index is 4.76. The van der Waals surface area contributed by atoms with Crippen molar-refractivity contribution < 1.29 is 4.84 Å². The van der Waals surface area contributed by atoms with Crippen molar-refractivity contribution >= 4 is 11.4 Å². The molecule has 0 aromatic heterocycles. The first kappa shape index (κ1) is 8.87. The van der Waals surface area contributed by atoms with Crippen LogP contribution in [0, 0.1) is 0 Å². The zero-order chi connectivity index (χ0) is 8.97. The highest BCUT2D eigenvalue weighted by Gasteiger charge is 1.93. The predicted octanol–water partition coefficient (Wildman–Crippen LogP) is 1.73. The maximum Gasteiger partial charge on any atom is 0.0636 e. The van der Waals surface area contributed by atoms with Crippen LogP contribution >= 0.6 is 0 Å². The fourth-order valence-corrected chi connectivity index (χ4v) is 0.945. The Morgan fingerprint density at radius 2 is 1.75 bits per heavy atom. The molecular formula is C9H14N2O. The molecule has 66 valence electrons. The second kappa shape index (κ2) is 3.97. The van der Waals surface area contributed by atoms with Crippen LogP contribution < -0.4 is 10.4 Å². The van der Waals surface area contributed by atoms with E-state index in [-0.39, 0.29) is 0 Å². The summed E-state index contributed by atoms with van der Waals surface area (Å²) in [4.78, 5) is 6.82. The molecule has 0 bridgehead atoms. The first-order chi connectivity index (χ1) is 5.74. The highest BCUT2D eigenvalue weighted by molar-refractivity contribution is 5.53. The second-order valence-electron chi connectivity index (χ2n) is 2.75. The smallest absolute Gasteiger partial charge is 0.0636 e. The van der Waals surface area contributed by atoms with E-state index in [9.17, 15) is 0 Å². The molecule has 3 nitrogen and oxygen atoms in total. The van der Waals surface area contributed by atoms with Crippen molar-refractivity contribution in [1.29, 1.82) is 0 Å². The van der Waals surface area contributed by atoms with Gasteiger partial charge in [0.25, 0.3) is 0 Å². The van der Waals surface area contributed by atoms with E-state index in [0.717, 1.165) is 5.69 Å². The van der Waals surface area contributed by atoms with Gasteiger partial charge in [-0.15, -0.1) is 0 Å². The Bertz CT molecular complexity index is 231. The summed E-state index contributed by atoms with van der Waals surface area (Å²) in [6.45, 7) is 0. The number of anilines is 2. The first-order valence-corrected chi connectivity index (χ1v) is 3.80. The lowest BCUT2D eigenvalue weighted by atomic mass is 10.3. The molecule has 12 heavy (non-hydrogen) atoms. The third kappa shape index (κ3) is 2.13. The van der Waals surface area contributed by atoms with Gasteiger partial charge in [-0.05, 0) is 24.3 Å². The van der Waals surface area contributed by atoms with Crippen LogP contribution in [0.5, 0.6) is 0 Å². The molecule has 0 spiro atoms. The highest BCUT2D eigenvalue weighted by Crippen LogP contribution is 2.14. The summed E-state index contributed by atoms with van der Waals surface area (Å²) >= 11 is 0. The molecule has 0 aliphatic carbocycles. The van der Waals surface area contributed by atoms with Gasteiger partial charge in [0.05, 0.1) is 12.8 Å². The maximum atomic E-state index is 4.76. The zero-order valence-electron chi connectivity index (χ0n) is 7.66. The number of nitrogens with one attached hydrogen (secondary N) is 1. The van der Waals surface area contributed by atoms with Gasteiger partial charge < -0.3 is 4.90 Å². The van der Waals surface area contributed by atoms with Gasteiger partial charge in [0.2, 0.25) is 0 Å². The summed E-state index contributed by atoms with van der Waals surface area (Å²) in [6, 6.07) is 8.00. The summed E-state index contributed by atoms with van der Waals surface area (Å²) in [6.07, 6.45) is 0. The fourth-order valence-electron chi connectivity index (χ4n) is 0.945. The standard InChI is InChI=1S/C9H14N2O/c1-11(2)9-6-4-8(5-7-9)10-12-3/h4-7,10H,1-3H3. The molecule has 0 saturated carbocycles. The Kier molecular flexibility index (Phi) is 2.94. The monoisotopic (exact) mass is 166 g/mol. The van der Waals surface area contributed by atoms with Gasteiger partial charge >= 0.3 is 0 Å². The van der Waals surface area contributed by atoms with Crippen LogP contribution in [0.25, 0.3) is 0 Å². The van der Waals surface area contributed by atoms with E-state index in [1.807, 2.05) is 38.4 Å². The van der Waals surface area contributed by atoms with E-state index in [1.54, 1.807) is 7.11 Å². The summed E-state index contributed by atoms with van der Waals surface area (Å²) < 4.78 is 0. The second-order valence-corrected chi connectivity index (χ2v) is 2.75. The Morgan fingerprint density at radius 3 is 2.17 bits per heavy atom. The minimum atomic E-state index is 0.961. The van der Waals surface area contributed by atoms with Crippen LogP contribution in [-0.2, 0) is 4.84 Å². The van der Waals surface area contributed by atoms with E-state index < -0.39 is 0 Å². The van der Waals surface area contributed by atoms with Crippen LogP contribution in [-0.4, -0.2) is 21.2 Å². The quantitative estimate of drug-likeness (QED) is 0.692. The van der Waals surface area contributed by atoms with Crippen LogP contribution in [0.4, 0.5) is 11.4 Å². The van der Waals surface area contributed by atoms with E-state index in [2.05, 4.69) is 10.4 Å². The van der Waals surface area contributed by atoms with E-state index in [0.29, 0.717) is 0 Å². The molecule has 0 heterocycles. The van der Waals surface area contributed by atoms with Crippen molar-refractivity contribution in [2.45, 2.75) is 0 Å². The molecule has 0 amide bonds. The molecular weight excluding hydrogens is 152 g/mol. The van der Waals surface area contributed by atoms with Gasteiger partial charge in [0, 0.05) is 19.8 Å². The Balaban J connectivity index is 2.71. The molecule has 0 atom stereocenters. The fraction of sp³-hybridized carbons (Fsp3) is 0.333. The predicted molar refractivity (Wildman–Crippen MR) is 51.4 cm³/mol. The largest absolute Gasteiger partial charge is 0.378 e. The Morgan fingerprint density at radius 1 is 1.17 bits per heavy atom. The van der Waals surface area contributed by atoms with Crippen molar-refractivity contribution in [3.63, 3.8) is 0 Å². The summed E-state index contributed by atoms with van der Waals surface area (Å²) in [5, 5.41) is 0. The number of hydrogen-bond donors (Lipinski definition) is 1. The van der Waals surface area contributed by atoms with E-state index in [1.165, 1.54) is 5.69 Å². The first-order valence-electron chi connectivity index (χ1n) is 3.80. The van der Waals surface area contributed by atoms with Crippen molar-refractivity contribution in [3.8, 4) is 0 Å². The molecule has 0 aliphatic heterocycles. The van der Waals surface area contributed by atoms with Gasteiger partial charge in [0.15, 0.2) is 0 Å². The van der Waals surface area contributed by atoms with E-state index in [4.69, 9.17) is 4.84 Å². The van der Waals surface area contributed by atoms with Crippen molar-refractivity contribution in [3.05, 3.63) is 24.3 Å². The van der Waals surface area contributed by atoms with Crippen LogP contribution in [0.15, 0.2) is 24.3 Å². The molecule has 0 saturated heterocycles. The summed E-state index contributed by atoms with van der Waals surface area (Å²) in [7, 11) is 5.62. The van der Waals surface area contributed by atoms with Gasteiger partial charge in [-0.2, -0.15) is 0 Å². The number of hydrogen-bond acceptors (Lipinski definition) is 3. The number of rotatable bonds is 3. The van der Waals surface area contributed by atoms with Crippen LogP contribution in [0.2, 0.25) is 0 Å². The molecule has 0 aliphatic rings. The Labute approximate surface area is 72.9 Å². The molecule has 1 aromatic carbocycles. The number of benzene rings is 1. The third-order valence-electron chi connectivity index (χ3n) is 1.60. The van der Waals surface area contributed by atoms with Crippen LogP contribution in [0.3, 0.4) is 0 Å². The minimum absolute atomic E-state index is 0.961. The average molecular weight is 166 g/mol. The van der Waals surface area contributed by atoms with Gasteiger partial charge in [-0.1, -0.05) is 0 Å². The average Bonchev–Trinajstić information content (AvgIpc) is 2.06. The van der Waals surface area contributed by atoms with Crippen molar-refractivity contribution in [1.82, 2.24) is 0 Å². The van der Waals surface area contributed by atoms with Gasteiger partial charge in [0.1, 0.15) is 0 Å². The molecule has 1 N–H and O–H groups in total. The molecule has 0 unspecified atom stereocenters. The zero-order valence-corrected chi connectivity index (χ0v) is 7.66. The molecule has 1 aromatic rings. The number of nitrogens with zero attached hydrogens (tertiary/aromatic N) is 1. The topological polar surface area (TPSA) is 24.5 Å². The molecule has 0 radical (unpaired) electrons. The lowest BCUT2D eigenvalue weighted by molar-refractivity contribution is 0.271. The molecule has 3 heteroatoms. The van der Waals surface area contributed by atoms with Crippen LogP contribution in [0.1, 0.15) is 0 Å². The molecule has 1 rings (SSSR count). The highest BCUT2D eigenvalue weighted by atomic mass is 16.6. The minimum Gasteiger partial charge on any atom is -0.378 e. The third-order valence-corrected chi connectivity index (χ3v) is 1.60. The Hall–Kier alpha value is -1.22. The van der Waals surface area contributed by atoms with Crippen molar-refractivity contribution in [2.24, 2.45) is 0 Å². The van der Waals surface area contributed by atoms with Crippen molar-refractivity contribution in [2.75, 3.05) is 31.6 Å². The van der Waals surface area contributed by atoms with Gasteiger partial charge in [-0.25, -0.2) is 0 Å².